The summed E-state index contributed by atoms with van der Waals surface area (Å²) in [6.45, 7) is 2.17. The van der Waals surface area contributed by atoms with Crippen LogP contribution in [0.3, 0.4) is 0 Å². The molecule has 1 aromatic rings. The molecule has 0 radical (unpaired) electrons. The minimum Gasteiger partial charge on any atom is -0.493 e. The van der Waals surface area contributed by atoms with Gasteiger partial charge >= 0.3 is 0 Å². The van der Waals surface area contributed by atoms with E-state index < -0.39 is 0 Å². The fraction of sp³-hybridized carbons (Fsp3) is 0.625. The average Bonchev–Trinajstić information content (AvgIpc) is 3.09. The van der Waals surface area contributed by atoms with Crippen molar-refractivity contribution in [3.8, 4) is 11.5 Å². The molecule has 1 aromatic carbocycles. The van der Waals surface area contributed by atoms with Gasteiger partial charge in [0.2, 0.25) is 0 Å². The molecule has 1 saturated heterocycles. The molecule has 4 nitrogen and oxygen atoms in total. The summed E-state index contributed by atoms with van der Waals surface area (Å²) in [7, 11) is 3.31. The molecule has 3 unspecified atom stereocenters. The molecule has 2 N–H and O–H groups in total. The molecule has 2 bridgehead atoms. The van der Waals surface area contributed by atoms with Gasteiger partial charge in [-0.25, -0.2) is 0 Å². The first-order valence-corrected chi connectivity index (χ1v) is 7.42. The maximum absolute atomic E-state index is 6.38. The van der Waals surface area contributed by atoms with Crippen molar-refractivity contribution in [1.82, 2.24) is 4.90 Å². The number of rotatable bonds is 5. The van der Waals surface area contributed by atoms with Crippen LogP contribution >= 0.6 is 0 Å². The summed E-state index contributed by atoms with van der Waals surface area (Å²) >= 11 is 0. The zero-order valence-electron chi connectivity index (χ0n) is 12.3. The van der Waals surface area contributed by atoms with Crippen molar-refractivity contribution in [2.75, 3.05) is 27.3 Å². The molecule has 4 heteroatoms. The van der Waals surface area contributed by atoms with Crippen LogP contribution in [-0.4, -0.2) is 38.3 Å². The molecule has 110 valence electrons. The zero-order chi connectivity index (χ0) is 14.1. The lowest BCUT2D eigenvalue weighted by Gasteiger charge is -2.29. The highest BCUT2D eigenvalue weighted by Crippen LogP contribution is 2.38. The van der Waals surface area contributed by atoms with E-state index in [9.17, 15) is 0 Å². The number of nitrogens with zero attached hydrogens (tertiary/aromatic N) is 1. The van der Waals surface area contributed by atoms with Gasteiger partial charge in [-0.1, -0.05) is 6.07 Å². The summed E-state index contributed by atoms with van der Waals surface area (Å²) in [6, 6.07) is 6.78. The highest BCUT2D eigenvalue weighted by atomic mass is 16.5. The molecule has 3 rings (SSSR count). The molecule has 1 saturated carbocycles. The van der Waals surface area contributed by atoms with Crippen molar-refractivity contribution < 1.29 is 9.47 Å². The van der Waals surface area contributed by atoms with Gasteiger partial charge in [0.1, 0.15) is 0 Å². The molecule has 0 amide bonds. The summed E-state index contributed by atoms with van der Waals surface area (Å²) in [6.07, 6.45) is 4.13. The summed E-state index contributed by atoms with van der Waals surface area (Å²) in [4.78, 5) is 2.57. The lowest BCUT2D eigenvalue weighted by molar-refractivity contribution is 0.201. The molecule has 20 heavy (non-hydrogen) atoms. The van der Waals surface area contributed by atoms with Gasteiger partial charge in [-0.3, -0.25) is 4.90 Å². The Morgan fingerprint density at radius 1 is 1.25 bits per heavy atom. The van der Waals surface area contributed by atoms with E-state index in [1.54, 1.807) is 14.2 Å². The van der Waals surface area contributed by atoms with E-state index >= 15 is 0 Å². The first kappa shape index (κ1) is 13.7. The van der Waals surface area contributed by atoms with Crippen LogP contribution < -0.4 is 15.2 Å². The Labute approximate surface area is 120 Å². The van der Waals surface area contributed by atoms with Gasteiger partial charge in [0.05, 0.1) is 14.2 Å². The summed E-state index contributed by atoms with van der Waals surface area (Å²) in [5.74, 6) is 2.42. The number of likely N-dealkylation sites (tertiary alicyclic amines) is 1. The molecule has 1 heterocycles. The Bertz CT molecular complexity index is 478. The molecule has 1 aliphatic heterocycles. The monoisotopic (exact) mass is 276 g/mol. The first-order valence-electron chi connectivity index (χ1n) is 7.42. The third kappa shape index (κ3) is 2.50. The molecular weight excluding hydrogens is 252 g/mol. The van der Waals surface area contributed by atoms with Gasteiger partial charge < -0.3 is 15.2 Å². The SMILES string of the molecule is COc1ccc(C(N)CN2CC3CCC2C3)cc1OC. The second-order valence-corrected chi connectivity index (χ2v) is 6.01. The Morgan fingerprint density at radius 3 is 2.65 bits per heavy atom. The maximum Gasteiger partial charge on any atom is 0.161 e. The number of hydrogen-bond acceptors (Lipinski definition) is 4. The van der Waals surface area contributed by atoms with Crippen LogP contribution in [0.2, 0.25) is 0 Å². The second-order valence-electron chi connectivity index (χ2n) is 6.01. The largest absolute Gasteiger partial charge is 0.493 e. The third-order valence-electron chi connectivity index (χ3n) is 4.79. The van der Waals surface area contributed by atoms with Crippen LogP contribution in [0.4, 0.5) is 0 Å². The second kappa shape index (κ2) is 5.62. The number of fused-ring (bicyclic) bond motifs is 2. The molecule has 2 fully saturated rings. The number of nitrogens with two attached hydrogens (primary N) is 1. The molecule has 2 aliphatic rings. The lowest BCUT2D eigenvalue weighted by Crippen LogP contribution is -2.37. The number of piperidine rings is 1. The van der Waals surface area contributed by atoms with E-state index in [0.717, 1.165) is 35.6 Å². The number of hydrogen-bond donors (Lipinski definition) is 1. The minimum atomic E-state index is 0.0363. The van der Waals surface area contributed by atoms with E-state index in [2.05, 4.69) is 4.90 Å². The predicted molar refractivity (Wildman–Crippen MR) is 79.2 cm³/mol. The number of methoxy groups -OCH3 is 2. The van der Waals surface area contributed by atoms with Crippen molar-refractivity contribution in [1.29, 1.82) is 0 Å². The van der Waals surface area contributed by atoms with Crippen LogP contribution in [0.1, 0.15) is 30.9 Å². The van der Waals surface area contributed by atoms with E-state index in [-0.39, 0.29) is 6.04 Å². The van der Waals surface area contributed by atoms with Crippen LogP contribution in [0, 0.1) is 5.92 Å². The minimum absolute atomic E-state index is 0.0363. The fourth-order valence-electron chi connectivity index (χ4n) is 3.69. The topological polar surface area (TPSA) is 47.7 Å². The summed E-state index contributed by atoms with van der Waals surface area (Å²) < 4.78 is 10.6. The van der Waals surface area contributed by atoms with Crippen LogP contribution in [0.25, 0.3) is 0 Å². The Balaban J connectivity index is 1.69. The standard InChI is InChI=1S/C16H24N2O2/c1-19-15-6-4-12(8-16(15)20-2)14(17)10-18-9-11-3-5-13(18)7-11/h4,6,8,11,13-14H,3,5,7,9-10,17H2,1-2H3. The number of ether oxygens (including phenoxy) is 2. The smallest absolute Gasteiger partial charge is 0.161 e. The average molecular weight is 276 g/mol. The van der Waals surface area contributed by atoms with Crippen LogP contribution in [0.15, 0.2) is 18.2 Å². The van der Waals surface area contributed by atoms with E-state index in [0.29, 0.717) is 0 Å². The van der Waals surface area contributed by atoms with E-state index in [4.69, 9.17) is 15.2 Å². The molecule has 1 aliphatic carbocycles. The van der Waals surface area contributed by atoms with Crippen LogP contribution in [0.5, 0.6) is 11.5 Å². The Morgan fingerprint density at radius 2 is 2.05 bits per heavy atom. The lowest BCUT2D eigenvalue weighted by atomic mass is 10.0. The molecule has 3 atom stereocenters. The van der Waals surface area contributed by atoms with Crippen molar-refractivity contribution in [2.45, 2.75) is 31.3 Å². The molecular formula is C16H24N2O2. The van der Waals surface area contributed by atoms with Crippen molar-refractivity contribution >= 4 is 0 Å². The van der Waals surface area contributed by atoms with Gasteiger partial charge in [-0.15, -0.1) is 0 Å². The molecule has 0 spiro atoms. The van der Waals surface area contributed by atoms with Gasteiger partial charge in [0, 0.05) is 25.2 Å². The quantitative estimate of drug-likeness (QED) is 0.895. The Kier molecular flexibility index (Phi) is 3.85. The van der Waals surface area contributed by atoms with E-state index in [1.165, 1.54) is 25.8 Å². The molecule has 0 aromatic heterocycles. The zero-order valence-corrected chi connectivity index (χ0v) is 12.3. The van der Waals surface area contributed by atoms with Gasteiger partial charge in [0.15, 0.2) is 11.5 Å². The predicted octanol–water partition coefficient (Wildman–Crippen LogP) is 2.19. The van der Waals surface area contributed by atoms with E-state index in [1.807, 2.05) is 18.2 Å². The van der Waals surface area contributed by atoms with Crippen molar-refractivity contribution in [2.24, 2.45) is 11.7 Å². The number of benzene rings is 1. The summed E-state index contributed by atoms with van der Waals surface area (Å²) in [5.41, 5.74) is 7.50. The van der Waals surface area contributed by atoms with Crippen LogP contribution in [-0.2, 0) is 0 Å². The Hall–Kier alpha value is -1.26. The van der Waals surface area contributed by atoms with Crippen molar-refractivity contribution in [3.05, 3.63) is 23.8 Å². The fourth-order valence-corrected chi connectivity index (χ4v) is 3.69. The normalized spacial score (nSPS) is 26.8. The highest BCUT2D eigenvalue weighted by Gasteiger charge is 2.38. The van der Waals surface area contributed by atoms with Gasteiger partial charge in [0.25, 0.3) is 0 Å². The maximum atomic E-state index is 6.38. The third-order valence-corrected chi connectivity index (χ3v) is 4.79. The van der Waals surface area contributed by atoms with Crippen molar-refractivity contribution in [3.63, 3.8) is 0 Å². The van der Waals surface area contributed by atoms with Gasteiger partial charge in [-0.2, -0.15) is 0 Å². The van der Waals surface area contributed by atoms with Gasteiger partial charge in [-0.05, 0) is 42.9 Å². The first-order chi connectivity index (χ1) is 9.71. The highest BCUT2D eigenvalue weighted by molar-refractivity contribution is 5.43. The summed E-state index contributed by atoms with van der Waals surface area (Å²) in [5, 5.41) is 0.